The van der Waals surface area contributed by atoms with Crippen molar-refractivity contribution in [3.05, 3.63) is 11.8 Å². The van der Waals surface area contributed by atoms with Gasteiger partial charge < -0.3 is 21.5 Å². The predicted octanol–water partition coefficient (Wildman–Crippen LogP) is -0.521. The molecule has 0 aromatic rings. The van der Waals surface area contributed by atoms with Crippen LogP contribution in [-0.2, 0) is 4.74 Å². The Morgan fingerprint density at radius 1 is 1.56 bits per heavy atom. The van der Waals surface area contributed by atoms with Gasteiger partial charge in [-0.1, -0.05) is 0 Å². The summed E-state index contributed by atoms with van der Waals surface area (Å²) in [5, 5.41) is 6.41. The smallest absolute Gasteiger partial charge is 0.195 e. The Bertz CT molecular complexity index is 348. The van der Waals surface area contributed by atoms with E-state index in [0.717, 1.165) is 38.2 Å². The van der Waals surface area contributed by atoms with E-state index in [0.29, 0.717) is 18.4 Å². The molecule has 6 heteroatoms. The van der Waals surface area contributed by atoms with Gasteiger partial charge in [-0.05, 0) is 32.5 Å². The maximum Gasteiger partial charge on any atom is 0.195 e. The number of hydrogen-bond donors (Lipinski definition) is 4. The molecule has 6 N–H and O–H groups in total. The molecule has 6 nitrogen and oxygen atoms in total. The molecule has 0 spiro atoms. The van der Waals surface area contributed by atoms with Crippen LogP contribution in [0.25, 0.3) is 0 Å². The minimum absolute atomic E-state index is 0.460. The van der Waals surface area contributed by atoms with Crippen LogP contribution in [0.15, 0.2) is 16.8 Å². The van der Waals surface area contributed by atoms with Crippen molar-refractivity contribution in [1.82, 2.24) is 10.6 Å². The van der Waals surface area contributed by atoms with Crippen LogP contribution < -0.4 is 22.1 Å². The number of nitrogens with two attached hydrogens (primary N) is 2. The first-order valence-electron chi connectivity index (χ1n) is 6.51. The lowest BCUT2D eigenvalue weighted by Gasteiger charge is -2.35. The SMILES string of the molecule is CNC1(CCN)C=C(C2CCOCC2)NC(N)=N1. The minimum Gasteiger partial charge on any atom is -0.381 e. The molecule has 0 radical (unpaired) electrons. The lowest BCUT2D eigenvalue weighted by Crippen LogP contribution is -2.50. The Kier molecular flexibility index (Phi) is 4.21. The van der Waals surface area contributed by atoms with Crippen LogP contribution in [0.1, 0.15) is 19.3 Å². The monoisotopic (exact) mass is 253 g/mol. The molecule has 0 amide bonds. The molecular formula is C12H23N5O. The van der Waals surface area contributed by atoms with Gasteiger partial charge in [-0.25, -0.2) is 4.99 Å². The lowest BCUT2D eigenvalue weighted by molar-refractivity contribution is 0.0742. The third-order valence-electron chi connectivity index (χ3n) is 3.61. The molecule has 1 saturated heterocycles. The second-order valence-electron chi connectivity index (χ2n) is 4.82. The van der Waals surface area contributed by atoms with Crippen molar-refractivity contribution in [3.8, 4) is 0 Å². The van der Waals surface area contributed by atoms with Gasteiger partial charge in [-0.15, -0.1) is 0 Å². The van der Waals surface area contributed by atoms with Crippen LogP contribution in [0.4, 0.5) is 0 Å². The van der Waals surface area contributed by atoms with Crippen molar-refractivity contribution in [1.29, 1.82) is 0 Å². The fourth-order valence-corrected chi connectivity index (χ4v) is 2.55. The molecule has 2 aliphatic heterocycles. The molecule has 0 saturated carbocycles. The zero-order valence-corrected chi connectivity index (χ0v) is 10.9. The quantitative estimate of drug-likeness (QED) is 0.540. The summed E-state index contributed by atoms with van der Waals surface area (Å²) in [6, 6.07) is 0. The zero-order chi connectivity index (χ0) is 13.0. The average Bonchev–Trinajstić information content (AvgIpc) is 2.39. The number of guanidine groups is 1. The van der Waals surface area contributed by atoms with Crippen molar-refractivity contribution in [2.45, 2.75) is 24.9 Å². The first-order chi connectivity index (χ1) is 8.69. The standard InChI is InChI=1S/C12H23N5O/c1-15-12(4-5-13)8-10(16-11(14)17-12)9-2-6-18-7-3-9/h8-9,15H,2-7,13H2,1H3,(H3,14,16,17). The number of likely N-dealkylation sites (N-methyl/N-ethyl adjacent to an activating group) is 1. The summed E-state index contributed by atoms with van der Waals surface area (Å²) in [6.07, 6.45) is 4.91. The molecule has 1 unspecified atom stereocenters. The summed E-state index contributed by atoms with van der Waals surface area (Å²) in [6.45, 7) is 2.18. The van der Waals surface area contributed by atoms with Crippen LogP contribution in [0.3, 0.4) is 0 Å². The van der Waals surface area contributed by atoms with Crippen LogP contribution in [0, 0.1) is 5.92 Å². The van der Waals surface area contributed by atoms with Crippen molar-refractivity contribution >= 4 is 5.96 Å². The Balaban J connectivity index is 2.19. The number of rotatable bonds is 4. The van der Waals surface area contributed by atoms with Gasteiger partial charge >= 0.3 is 0 Å². The van der Waals surface area contributed by atoms with Crippen molar-refractivity contribution in [3.63, 3.8) is 0 Å². The van der Waals surface area contributed by atoms with Gasteiger partial charge in [0.25, 0.3) is 0 Å². The van der Waals surface area contributed by atoms with E-state index in [-0.39, 0.29) is 0 Å². The molecule has 0 aromatic carbocycles. The van der Waals surface area contributed by atoms with Crippen LogP contribution in [0.5, 0.6) is 0 Å². The fourth-order valence-electron chi connectivity index (χ4n) is 2.55. The number of nitrogens with one attached hydrogen (secondary N) is 2. The molecule has 1 fully saturated rings. The van der Waals surface area contributed by atoms with Gasteiger partial charge in [0.1, 0.15) is 5.66 Å². The number of ether oxygens (including phenoxy) is 1. The maximum atomic E-state index is 5.90. The summed E-state index contributed by atoms with van der Waals surface area (Å²) in [5.41, 5.74) is 12.3. The third-order valence-corrected chi connectivity index (χ3v) is 3.61. The minimum atomic E-state index is -0.461. The van der Waals surface area contributed by atoms with Gasteiger partial charge in [-0.2, -0.15) is 0 Å². The molecule has 102 valence electrons. The van der Waals surface area contributed by atoms with Gasteiger partial charge in [0, 0.05) is 31.2 Å². The fraction of sp³-hybridized carbons (Fsp3) is 0.750. The number of aliphatic imine (C=N–C) groups is 1. The second-order valence-corrected chi connectivity index (χ2v) is 4.82. The summed E-state index contributed by atoms with van der Waals surface area (Å²) < 4.78 is 5.39. The van der Waals surface area contributed by atoms with E-state index < -0.39 is 5.66 Å². The summed E-state index contributed by atoms with van der Waals surface area (Å²) in [5.74, 6) is 0.931. The first kappa shape index (κ1) is 13.3. The van der Waals surface area contributed by atoms with Crippen molar-refractivity contribution in [2.24, 2.45) is 22.4 Å². The van der Waals surface area contributed by atoms with E-state index in [2.05, 4.69) is 21.7 Å². The number of allylic oxidation sites excluding steroid dienone is 1. The molecular weight excluding hydrogens is 230 g/mol. The third kappa shape index (κ3) is 2.82. The van der Waals surface area contributed by atoms with Crippen LogP contribution in [0.2, 0.25) is 0 Å². The van der Waals surface area contributed by atoms with Crippen LogP contribution in [-0.4, -0.2) is 38.4 Å². The molecule has 2 rings (SSSR count). The predicted molar refractivity (Wildman–Crippen MR) is 71.8 cm³/mol. The van der Waals surface area contributed by atoms with Crippen LogP contribution >= 0.6 is 0 Å². The van der Waals surface area contributed by atoms with E-state index in [1.165, 1.54) is 0 Å². The Labute approximate surface area is 108 Å². The van der Waals surface area contributed by atoms with E-state index in [1.807, 2.05) is 7.05 Å². The largest absolute Gasteiger partial charge is 0.381 e. The van der Waals surface area contributed by atoms with Crippen molar-refractivity contribution in [2.75, 3.05) is 26.8 Å². The molecule has 2 heterocycles. The van der Waals surface area contributed by atoms with Gasteiger partial charge in [0.05, 0.1) is 0 Å². The normalized spacial score (nSPS) is 29.4. The Hall–Kier alpha value is -1.11. The van der Waals surface area contributed by atoms with Crippen molar-refractivity contribution < 1.29 is 4.74 Å². The highest BCUT2D eigenvalue weighted by Gasteiger charge is 2.31. The first-order valence-corrected chi connectivity index (χ1v) is 6.51. The highest BCUT2D eigenvalue weighted by atomic mass is 16.5. The number of hydrogen-bond acceptors (Lipinski definition) is 6. The van der Waals surface area contributed by atoms with E-state index >= 15 is 0 Å². The maximum absolute atomic E-state index is 5.90. The van der Waals surface area contributed by atoms with Gasteiger partial charge in [0.2, 0.25) is 0 Å². The Morgan fingerprint density at radius 3 is 2.89 bits per heavy atom. The Morgan fingerprint density at radius 2 is 2.28 bits per heavy atom. The number of nitrogens with zero attached hydrogens (tertiary/aromatic N) is 1. The molecule has 0 bridgehead atoms. The van der Waals surface area contributed by atoms with Gasteiger partial charge in [0.15, 0.2) is 5.96 Å². The molecule has 0 aliphatic carbocycles. The van der Waals surface area contributed by atoms with E-state index in [1.54, 1.807) is 0 Å². The molecule has 2 aliphatic rings. The summed E-state index contributed by atoms with van der Waals surface area (Å²) >= 11 is 0. The molecule has 1 atom stereocenters. The molecule has 18 heavy (non-hydrogen) atoms. The second kappa shape index (κ2) is 5.69. The zero-order valence-electron chi connectivity index (χ0n) is 10.9. The summed E-state index contributed by atoms with van der Waals surface area (Å²) in [4.78, 5) is 4.45. The van der Waals surface area contributed by atoms with Gasteiger partial charge in [-0.3, -0.25) is 5.32 Å². The van der Waals surface area contributed by atoms with E-state index in [4.69, 9.17) is 16.2 Å². The average molecular weight is 253 g/mol. The highest BCUT2D eigenvalue weighted by Crippen LogP contribution is 2.27. The van der Waals surface area contributed by atoms with E-state index in [9.17, 15) is 0 Å². The topological polar surface area (TPSA) is 97.7 Å². The lowest BCUT2D eigenvalue weighted by atomic mass is 9.92. The highest BCUT2D eigenvalue weighted by molar-refractivity contribution is 5.81. The summed E-state index contributed by atoms with van der Waals surface area (Å²) in [7, 11) is 1.88. The molecule has 0 aromatic heterocycles.